The summed E-state index contributed by atoms with van der Waals surface area (Å²) in [6.07, 6.45) is 0. The molecule has 1 nitrogen and oxygen atoms in total. The maximum absolute atomic E-state index is 8.39. The first-order valence-corrected chi connectivity index (χ1v) is 1.49. The van der Waals surface area contributed by atoms with Gasteiger partial charge >= 0.3 is 63.8 Å². The Labute approximate surface area is 67.2 Å². The van der Waals surface area contributed by atoms with Gasteiger partial charge in [0.1, 0.15) is 0 Å². The average Bonchev–Trinajstić information content (AvgIpc) is 1.00. The zero-order chi connectivity index (χ0) is 2.00. The summed E-state index contributed by atoms with van der Waals surface area (Å²) in [5.41, 5.74) is 0. The van der Waals surface area contributed by atoms with E-state index >= 15 is 0 Å². The first kappa shape index (κ1) is 16.9. The SMILES string of the molecule is F.[MgH2].[O]=[Ce]. The van der Waals surface area contributed by atoms with E-state index in [1.165, 1.54) is 0 Å². The first-order valence-electron chi connectivity index (χ1n) is 0.204. The van der Waals surface area contributed by atoms with Crippen molar-refractivity contribution in [3.63, 3.8) is 0 Å². The fraction of sp³-hybridized carbons (Fsp3) is 0. The summed E-state index contributed by atoms with van der Waals surface area (Å²) in [5, 5.41) is 0. The van der Waals surface area contributed by atoms with Gasteiger partial charge in [0.2, 0.25) is 0 Å². The van der Waals surface area contributed by atoms with Crippen molar-refractivity contribution in [2.24, 2.45) is 0 Å². The molecule has 0 fully saturated rings. The Morgan fingerprint density at radius 1 is 1.25 bits per heavy atom. The molecule has 0 spiro atoms. The quantitative estimate of drug-likeness (QED) is 0.466. The summed E-state index contributed by atoms with van der Waals surface area (Å²) in [5.74, 6) is 0. The van der Waals surface area contributed by atoms with E-state index < -0.39 is 0 Å². The van der Waals surface area contributed by atoms with Gasteiger partial charge in [-0.05, 0) is 0 Å². The maximum atomic E-state index is 8.39. The van der Waals surface area contributed by atoms with Gasteiger partial charge < -0.3 is 0 Å². The van der Waals surface area contributed by atoms with Gasteiger partial charge in [-0.25, -0.2) is 0 Å². The summed E-state index contributed by atoms with van der Waals surface area (Å²) in [4.78, 5) is 0. The van der Waals surface area contributed by atoms with Crippen LogP contribution in [0.1, 0.15) is 0 Å². The topological polar surface area (TPSA) is 17.1 Å². The van der Waals surface area contributed by atoms with Crippen molar-refractivity contribution in [1.82, 2.24) is 0 Å². The van der Waals surface area contributed by atoms with E-state index in [-0.39, 0.29) is 67.5 Å². The third-order valence-corrected chi connectivity index (χ3v) is 0. The molecule has 0 saturated carbocycles. The minimum absolute atomic E-state index is 0. The molecule has 0 rings (SSSR count). The second-order valence-electron chi connectivity index (χ2n) is 0. The van der Waals surface area contributed by atoms with Crippen LogP contribution in [0.15, 0.2) is 0 Å². The molecule has 0 bridgehead atoms. The summed E-state index contributed by atoms with van der Waals surface area (Å²) in [6, 6.07) is 0. The second-order valence-corrected chi connectivity index (χ2v) is 0. The van der Waals surface area contributed by atoms with Gasteiger partial charge in [-0.3, -0.25) is 4.70 Å². The number of halogens is 1. The van der Waals surface area contributed by atoms with Crippen molar-refractivity contribution in [1.29, 1.82) is 0 Å². The molecule has 4 heteroatoms. The Balaban J connectivity index is -0.00000000500. The molecule has 0 saturated heterocycles. The van der Waals surface area contributed by atoms with Gasteiger partial charge in [0.15, 0.2) is 0 Å². The Bertz CT molecular complexity index is 8.00. The summed E-state index contributed by atoms with van der Waals surface area (Å²) in [7, 11) is 0. The number of hydrogen-bond acceptors (Lipinski definition) is 1. The fourth-order valence-electron chi connectivity index (χ4n) is 0. The molecular weight excluding hydrogens is 199 g/mol. The van der Waals surface area contributed by atoms with Gasteiger partial charge in [-0.1, -0.05) is 0 Å². The van der Waals surface area contributed by atoms with Crippen LogP contribution in [0.3, 0.4) is 0 Å². The second kappa shape index (κ2) is 20.8. The molecule has 0 amide bonds. The Morgan fingerprint density at radius 3 is 1.25 bits per heavy atom. The molecule has 0 unspecified atom stereocenters. The van der Waals surface area contributed by atoms with Crippen molar-refractivity contribution in [3.8, 4) is 0 Å². The van der Waals surface area contributed by atoms with Crippen LogP contribution in [-0.4, -0.2) is 23.1 Å². The van der Waals surface area contributed by atoms with Crippen molar-refractivity contribution in [2.75, 3.05) is 0 Å². The van der Waals surface area contributed by atoms with E-state index in [2.05, 4.69) is 0 Å². The van der Waals surface area contributed by atoms with E-state index in [1.807, 2.05) is 0 Å². The van der Waals surface area contributed by atoms with Crippen molar-refractivity contribution in [2.45, 2.75) is 0 Å². The first-order chi connectivity index (χ1) is 1.00. The average molecular weight is 202 g/mol. The third kappa shape index (κ3) is 9.11. The van der Waals surface area contributed by atoms with E-state index in [9.17, 15) is 0 Å². The zero-order valence-electron chi connectivity index (χ0n) is 1.32. The Kier molecular flexibility index (Phi) is 88.0. The number of hydrogen-bond donors (Lipinski definition) is 0. The van der Waals surface area contributed by atoms with Crippen LogP contribution >= 0.6 is 0 Å². The van der Waals surface area contributed by atoms with Crippen molar-refractivity contribution in [3.05, 3.63) is 0 Å². The van der Waals surface area contributed by atoms with Crippen LogP contribution in [0.25, 0.3) is 0 Å². The summed E-state index contributed by atoms with van der Waals surface area (Å²) >= 11 is 0.0556. The summed E-state index contributed by atoms with van der Waals surface area (Å²) in [6.45, 7) is 0. The predicted molar refractivity (Wildman–Crippen MR) is 11.7 cm³/mol. The van der Waals surface area contributed by atoms with E-state index in [0.29, 0.717) is 0 Å². The molecule has 0 aliphatic heterocycles. The van der Waals surface area contributed by atoms with Gasteiger partial charge in [0.25, 0.3) is 0 Å². The fourth-order valence-corrected chi connectivity index (χ4v) is 0. The monoisotopic (exact) mass is 202 g/mol. The van der Waals surface area contributed by atoms with E-state index in [0.717, 1.165) is 0 Å². The molecule has 0 heterocycles. The summed E-state index contributed by atoms with van der Waals surface area (Å²) < 4.78 is 8.39. The van der Waals surface area contributed by atoms with Gasteiger partial charge in [-0.15, -0.1) is 0 Å². The molecule has 4 heavy (non-hydrogen) atoms. The molecule has 0 aliphatic carbocycles. The molecule has 0 atom stereocenters. The van der Waals surface area contributed by atoms with Crippen LogP contribution in [0, 0.1) is 39.8 Å². The Morgan fingerprint density at radius 2 is 1.25 bits per heavy atom. The van der Waals surface area contributed by atoms with Gasteiger partial charge in [-0.2, -0.15) is 0 Å². The van der Waals surface area contributed by atoms with Crippen molar-refractivity contribution < 1.29 is 45.4 Å². The van der Waals surface area contributed by atoms with E-state index in [4.69, 9.17) is 0.938 Å². The zero-order valence-corrected chi connectivity index (χ0v) is 4.46. The van der Waals surface area contributed by atoms with Crippen molar-refractivity contribution >= 4 is 23.1 Å². The predicted octanol–water partition coefficient (Wildman–Crippen LogP) is -0.883. The normalized spacial score (nSPS) is 0.750. The molecule has 0 aromatic heterocycles. The van der Waals surface area contributed by atoms with Crippen LogP contribution in [0.2, 0.25) is 0 Å². The molecule has 0 aliphatic rings. The molecule has 0 N–H and O–H groups in total. The number of rotatable bonds is 0. The third-order valence-electron chi connectivity index (χ3n) is 0. The molecule has 0 radical (unpaired) electrons. The standard InChI is InChI=1S/Ce.FH.Mg.O.2H/h;1H;;;;. The van der Waals surface area contributed by atoms with Crippen LogP contribution < -0.4 is 0 Å². The molecule has 22 valence electrons. The van der Waals surface area contributed by atoms with E-state index in [1.54, 1.807) is 0 Å². The van der Waals surface area contributed by atoms with Crippen LogP contribution in [-0.2, 0) is 0.938 Å². The minimum atomic E-state index is 0. The van der Waals surface area contributed by atoms with Crippen LogP contribution in [0.4, 0.5) is 4.70 Å². The molecule has 0 aromatic rings. The molecular formula is H3CeFMgO. The van der Waals surface area contributed by atoms with Gasteiger partial charge in [0, 0.05) is 0 Å². The van der Waals surface area contributed by atoms with Crippen LogP contribution in [0.5, 0.6) is 0 Å². The Hall–Kier alpha value is 1.87. The molecule has 0 aromatic carbocycles. The van der Waals surface area contributed by atoms with Gasteiger partial charge in [0.05, 0.1) is 0 Å².